The predicted molar refractivity (Wildman–Crippen MR) is 79.3 cm³/mol. The summed E-state index contributed by atoms with van der Waals surface area (Å²) in [5, 5.41) is 10.7. The normalized spacial score (nSPS) is 11.2. The third-order valence-electron chi connectivity index (χ3n) is 2.54. The van der Waals surface area contributed by atoms with Gasteiger partial charge in [0.25, 0.3) is 0 Å². The van der Waals surface area contributed by atoms with E-state index in [-0.39, 0.29) is 17.3 Å². The highest BCUT2D eigenvalue weighted by Crippen LogP contribution is 2.27. The number of rotatable bonds is 5. The van der Waals surface area contributed by atoms with Gasteiger partial charge < -0.3 is 11.1 Å². The fourth-order valence-corrected chi connectivity index (χ4v) is 4.10. The quantitative estimate of drug-likeness (QED) is 0.615. The fraction of sp³-hybridized carbons (Fsp3) is 0.250. The molecule has 1 aromatic heterocycles. The van der Waals surface area contributed by atoms with Crippen molar-refractivity contribution < 1.29 is 13.2 Å². The number of anilines is 1. The fourth-order valence-electron chi connectivity index (χ4n) is 1.60. The summed E-state index contributed by atoms with van der Waals surface area (Å²) in [5.41, 5.74) is 6.67. The number of fused-ring (bicyclic) bond motifs is 1. The number of carbonyl (C=O) groups is 1. The molecule has 2 rings (SSSR count). The highest BCUT2D eigenvalue weighted by atomic mass is 32.2. The lowest BCUT2D eigenvalue weighted by Gasteiger charge is -2.01. The molecule has 0 bridgehead atoms. The number of carbonyl (C=O) groups excluding carboxylic acids is 1. The zero-order valence-electron chi connectivity index (χ0n) is 10.9. The molecular weight excluding hydrogens is 312 g/mol. The maximum atomic E-state index is 12.1. The number of amides is 1. The zero-order chi connectivity index (χ0) is 15.5. The lowest BCUT2D eigenvalue weighted by molar-refractivity contribution is -0.118. The van der Waals surface area contributed by atoms with Gasteiger partial charge in [-0.3, -0.25) is 4.79 Å². The van der Waals surface area contributed by atoms with E-state index in [1.54, 1.807) is 18.2 Å². The molecule has 0 aliphatic rings. The van der Waals surface area contributed by atoms with E-state index in [1.165, 1.54) is 0 Å². The van der Waals surface area contributed by atoms with Crippen molar-refractivity contribution in [3.63, 3.8) is 0 Å². The number of nitrogens with two attached hydrogens (primary N) is 1. The Morgan fingerprint density at radius 3 is 2.95 bits per heavy atom. The summed E-state index contributed by atoms with van der Waals surface area (Å²) in [4.78, 5) is 15.6. The summed E-state index contributed by atoms with van der Waals surface area (Å²) >= 11 is 0.977. The number of nitrogens with one attached hydrogen (secondary N) is 1. The Morgan fingerprint density at radius 2 is 2.24 bits per heavy atom. The molecule has 21 heavy (non-hydrogen) atoms. The number of hydrogen-bond donors (Lipinski definition) is 2. The summed E-state index contributed by atoms with van der Waals surface area (Å²) in [6.07, 6.45) is 0.131. The monoisotopic (exact) mass is 324 g/mol. The minimum Gasteiger partial charge on any atom is -0.399 e. The van der Waals surface area contributed by atoms with Crippen LogP contribution < -0.4 is 11.1 Å². The van der Waals surface area contributed by atoms with Crippen LogP contribution in [-0.4, -0.2) is 31.6 Å². The van der Waals surface area contributed by atoms with Crippen molar-refractivity contribution in [3.05, 3.63) is 18.2 Å². The van der Waals surface area contributed by atoms with Crippen LogP contribution in [0.25, 0.3) is 10.2 Å². The van der Waals surface area contributed by atoms with E-state index in [9.17, 15) is 13.2 Å². The van der Waals surface area contributed by atoms with E-state index in [4.69, 9.17) is 11.0 Å². The van der Waals surface area contributed by atoms with Crippen LogP contribution in [0, 0.1) is 11.3 Å². The lowest BCUT2D eigenvalue weighted by atomic mass is 10.3. The molecule has 110 valence electrons. The Labute approximate surface area is 125 Å². The van der Waals surface area contributed by atoms with Crippen LogP contribution in [0.1, 0.15) is 6.42 Å². The van der Waals surface area contributed by atoms with E-state index in [0.717, 1.165) is 11.3 Å². The number of nitrogens with zero attached hydrogens (tertiary/aromatic N) is 2. The first-order valence-electron chi connectivity index (χ1n) is 5.95. The topological polar surface area (TPSA) is 126 Å². The minimum absolute atomic E-state index is 0.112. The smallest absolute Gasteiger partial charge is 0.235 e. The predicted octanol–water partition coefficient (Wildman–Crippen LogP) is 0.682. The SMILES string of the molecule is N#CCCNC(=O)CS(=O)(=O)c1nc2ccc(N)cc2s1. The Hall–Kier alpha value is -2.18. The van der Waals surface area contributed by atoms with Crippen molar-refractivity contribution in [2.24, 2.45) is 0 Å². The van der Waals surface area contributed by atoms with E-state index < -0.39 is 21.5 Å². The Morgan fingerprint density at radius 1 is 1.48 bits per heavy atom. The molecule has 0 atom stereocenters. The summed E-state index contributed by atoms with van der Waals surface area (Å²) in [6, 6.07) is 6.76. The van der Waals surface area contributed by atoms with Crippen molar-refractivity contribution in [1.29, 1.82) is 5.26 Å². The molecule has 1 amide bonds. The number of benzene rings is 1. The third kappa shape index (κ3) is 3.68. The molecular formula is C12H12N4O3S2. The molecule has 0 saturated heterocycles. The van der Waals surface area contributed by atoms with E-state index in [2.05, 4.69) is 10.3 Å². The van der Waals surface area contributed by atoms with Crippen LogP contribution in [0.15, 0.2) is 22.5 Å². The molecule has 0 radical (unpaired) electrons. The van der Waals surface area contributed by atoms with Gasteiger partial charge in [-0.25, -0.2) is 13.4 Å². The van der Waals surface area contributed by atoms with Crippen molar-refractivity contribution in [3.8, 4) is 6.07 Å². The second-order valence-electron chi connectivity index (χ2n) is 4.22. The van der Waals surface area contributed by atoms with Crippen LogP contribution in [0.5, 0.6) is 0 Å². The summed E-state index contributed by atoms with van der Waals surface area (Å²) in [5.74, 6) is -1.34. The van der Waals surface area contributed by atoms with Crippen molar-refractivity contribution in [1.82, 2.24) is 10.3 Å². The summed E-state index contributed by atoms with van der Waals surface area (Å²) in [7, 11) is -3.80. The largest absolute Gasteiger partial charge is 0.399 e. The van der Waals surface area contributed by atoms with Crippen LogP contribution >= 0.6 is 11.3 Å². The average Bonchev–Trinajstić information content (AvgIpc) is 2.82. The second-order valence-corrected chi connectivity index (χ2v) is 7.42. The van der Waals surface area contributed by atoms with Crippen LogP contribution in [-0.2, 0) is 14.6 Å². The lowest BCUT2D eigenvalue weighted by Crippen LogP contribution is -2.30. The number of aromatic nitrogens is 1. The van der Waals surface area contributed by atoms with Gasteiger partial charge in [-0.05, 0) is 18.2 Å². The Balaban J connectivity index is 2.18. The van der Waals surface area contributed by atoms with Gasteiger partial charge in [0.15, 0.2) is 0 Å². The molecule has 0 fully saturated rings. The van der Waals surface area contributed by atoms with Gasteiger partial charge in [0, 0.05) is 12.2 Å². The standard InChI is InChI=1S/C12H12N4O3S2/c13-4-1-5-15-11(17)7-21(18,19)12-16-9-3-2-8(14)6-10(9)20-12/h2-3,6H,1,5,7,14H2,(H,15,17). The van der Waals surface area contributed by atoms with Gasteiger partial charge in [0.05, 0.1) is 22.7 Å². The number of hydrogen-bond acceptors (Lipinski definition) is 7. The first-order chi connectivity index (χ1) is 9.92. The molecule has 3 N–H and O–H groups in total. The van der Waals surface area contributed by atoms with Crippen molar-refractivity contribution in [2.75, 3.05) is 18.0 Å². The first-order valence-corrected chi connectivity index (χ1v) is 8.42. The maximum absolute atomic E-state index is 12.1. The van der Waals surface area contributed by atoms with E-state index in [0.29, 0.717) is 15.9 Å². The molecule has 0 saturated carbocycles. The summed E-state index contributed by atoms with van der Waals surface area (Å²) < 4.78 is 24.8. The maximum Gasteiger partial charge on any atom is 0.235 e. The summed E-state index contributed by atoms with van der Waals surface area (Å²) in [6.45, 7) is 0.126. The van der Waals surface area contributed by atoms with Gasteiger partial charge in [0.2, 0.25) is 20.1 Å². The highest BCUT2D eigenvalue weighted by molar-refractivity contribution is 7.94. The zero-order valence-corrected chi connectivity index (χ0v) is 12.5. The molecule has 0 spiro atoms. The van der Waals surface area contributed by atoms with Crippen molar-refractivity contribution in [2.45, 2.75) is 10.8 Å². The van der Waals surface area contributed by atoms with Gasteiger partial charge in [-0.15, -0.1) is 11.3 Å². The molecule has 0 aliphatic carbocycles. The average molecular weight is 324 g/mol. The Bertz CT molecular complexity index is 821. The minimum atomic E-state index is -3.80. The molecule has 0 unspecified atom stereocenters. The van der Waals surface area contributed by atoms with Gasteiger partial charge in [-0.2, -0.15) is 5.26 Å². The number of thiazole rings is 1. The van der Waals surface area contributed by atoms with Crippen LogP contribution in [0.4, 0.5) is 5.69 Å². The van der Waals surface area contributed by atoms with Crippen molar-refractivity contribution >= 4 is 43.0 Å². The highest BCUT2D eigenvalue weighted by Gasteiger charge is 2.23. The van der Waals surface area contributed by atoms with Crippen LogP contribution in [0.2, 0.25) is 0 Å². The third-order valence-corrected chi connectivity index (χ3v) is 5.63. The van der Waals surface area contributed by atoms with Crippen LogP contribution in [0.3, 0.4) is 0 Å². The van der Waals surface area contributed by atoms with E-state index in [1.807, 2.05) is 6.07 Å². The number of nitriles is 1. The molecule has 1 heterocycles. The van der Waals surface area contributed by atoms with Gasteiger partial charge >= 0.3 is 0 Å². The van der Waals surface area contributed by atoms with Gasteiger partial charge in [0.1, 0.15) is 5.75 Å². The molecule has 2 aromatic rings. The first kappa shape index (κ1) is 15.2. The number of sulfone groups is 1. The van der Waals surface area contributed by atoms with Gasteiger partial charge in [-0.1, -0.05) is 0 Å². The second kappa shape index (κ2) is 6.07. The molecule has 7 nitrogen and oxygen atoms in total. The number of nitrogen functional groups attached to an aromatic ring is 1. The van der Waals surface area contributed by atoms with E-state index >= 15 is 0 Å². The molecule has 1 aromatic carbocycles. The molecule has 9 heteroatoms. The molecule has 0 aliphatic heterocycles. The Kier molecular flexibility index (Phi) is 4.40.